The predicted octanol–water partition coefficient (Wildman–Crippen LogP) is 2.35. The van der Waals surface area contributed by atoms with Crippen molar-refractivity contribution in [1.82, 2.24) is 4.90 Å². The molecule has 1 heterocycles. The molecule has 1 fully saturated rings. The Balaban J connectivity index is 2.08. The Morgan fingerprint density at radius 1 is 1.60 bits per heavy atom. The largest absolute Gasteiger partial charge is 0.469 e. The topological polar surface area (TPSA) is 72.7 Å². The molecule has 1 unspecified atom stereocenters. The first kappa shape index (κ1) is 14.9. The number of carbonyl (C=O) groups excluding carboxylic acids is 1. The first-order chi connectivity index (χ1) is 9.51. The Bertz CT molecular complexity index is 535. The van der Waals surface area contributed by atoms with Gasteiger partial charge < -0.3 is 4.74 Å². The van der Waals surface area contributed by atoms with Crippen LogP contribution in [0.2, 0.25) is 0 Å². The quantitative estimate of drug-likeness (QED) is 0.477. The first-order valence-corrected chi connectivity index (χ1v) is 7.03. The zero-order valence-corrected chi connectivity index (χ0v) is 12.6. The number of rotatable bonds is 4. The maximum atomic E-state index is 11.5. The summed E-state index contributed by atoms with van der Waals surface area (Å²) in [5.41, 5.74) is 0.754. The van der Waals surface area contributed by atoms with Gasteiger partial charge in [0.1, 0.15) is 0 Å². The van der Waals surface area contributed by atoms with Gasteiger partial charge in [-0.1, -0.05) is 15.9 Å². The molecular formula is C13H15BrN2O4. The van der Waals surface area contributed by atoms with Crippen LogP contribution in [0.25, 0.3) is 0 Å². The van der Waals surface area contributed by atoms with Crippen molar-refractivity contribution in [2.24, 2.45) is 5.92 Å². The molecule has 1 aliphatic rings. The van der Waals surface area contributed by atoms with E-state index >= 15 is 0 Å². The number of halogens is 1. The minimum Gasteiger partial charge on any atom is -0.469 e. The fraction of sp³-hybridized carbons (Fsp3) is 0.462. The van der Waals surface area contributed by atoms with Crippen LogP contribution in [0.15, 0.2) is 22.7 Å². The molecule has 1 aliphatic heterocycles. The average molecular weight is 343 g/mol. The number of hydrogen-bond donors (Lipinski definition) is 0. The van der Waals surface area contributed by atoms with Crippen LogP contribution in [0.1, 0.15) is 12.0 Å². The third kappa shape index (κ3) is 3.34. The lowest BCUT2D eigenvalue weighted by Crippen LogP contribution is -2.24. The minimum atomic E-state index is -0.381. The first-order valence-electron chi connectivity index (χ1n) is 6.24. The molecule has 0 N–H and O–H groups in total. The number of benzene rings is 1. The Morgan fingerprint density at radius 2 is 2.35 bits per heavy atom. The van der Waals surface area contributed by atoms with Crippen molar-refractivity contribution >= 4 is 27.6 Å². The molecule has 0 aromatic heterocycles. The standard InChI is InChI=1S/C13H15BrN2O4/c1-20-13(17)10-4-5-15(8-10)7-9-2-3-11(14)6-12(9)16(18)19/h2-3,6,10H,4-5,7-8H2,1H3. The van der Waals surface area contributed by atoms with E-state index in [-0.39, 0.29) is 22.5 Å². The molecule has 1 saturated heterocycles. The Morgan fingerprint density at radius 3 is 3.00 bits per heavy atom. The van der Waals surface area contributed by atoms with Crippen molar-refractivity contribution in [3.8, 4) is 0 Å². The molecule has 2 rings (SSSR count). The smallest absolute Gasteiger partial charge is 0.310 e. The van der Waals surface area contributed by atoms with Gasteiger partial charge in [-0.05, 0) is 25.1 Å². The number of methoxy groups -OCH3 is 1. The minimum absolute atomic E-state index is 0.0980. The van der Waals surface area contributed by atoms with Crippen molar-refractivity contribution in [2.75, 3.05) is 20.2 Å². The van der Waals surface area contributed by atoms with Gasteiger partial charge in [0.05, 0.1) is 18.0 Å². The Hall–Kier alpha value is -1.47. The second-order valence-electron chi connectivity index (χ2n) is 4.77. The van der Waals surface area contributed by atoms with Crippen molar-refractivity contribution in [3.05, 3.63) is 38.3 Å². The summed E-state index contributed by atoms with van der Waals surface area (Å²) in [5, 5.41) is 11.1. The third-order valence-corrected chi connectivity index (χ3v) is 3.94. The monoisotopic (exact) mass is 342 g/mol. The van der Waals surface area contributed by atoms with Crippen LogP contribution in [0.3, 0.4) is 0 Å². The van der Waals surface area contributed by atoms with Crippen LogP contribution in [-0.4, -0.2) is 36.0 Å². The maximum Gasteiger partial charge on any atom is 0.310 e. The van der Waals surface area contributed by atoms with E-state index in [4.69, 9.17) is 4.74 Å². The molecule has 20 heavy (non-hydrogen) atoms. The van der Waals surface area contributed by atoms with Gasteiger partial charge in [-0.25, -0.2) is 0 Å². The molecule has 0 amide bonds. The van der Waals surface area contributed by atoms with Crippen LogP contribution in [0, 0.1) is 16.0 Å². The molecule has 1 aromatic carbocycles. The highest BCUT2D eigenvalue weighted by molar-refractivity contribution is 9.10. The third-order valence-electron chi connectivity index (χ3n) is 3.44. The van der Waals surface area contributed by atoms with E-state index in [1.807, 2.05) is 4.90 Å². The van der Waals surface area contributed by atoms with Crippen molar-refractivity contribution in [3.63, 3.8) is 0 Å². The van der Waals surface area contributed by atoms with Crippen LogP contribution < -0.4 is 0 Å². The normalized spacial score (nSPS) is 19.0. The number of ether oxygens (including phenoxy) is 1. The Labute approximate surface area is 125 Å². The molecule has 0 saturated carbocycles. The summed E-state index contributed by atoms with van der Waals surface area (Å²) in [6, 6.07) is 5.03. The second-order valence-corrected chi connectivity index (χ2v) is 5.69. The van der Waals surface area contributed by atoms with Crippen molar-refractivity contribution < 1.29 is 14.5 Å². The van der Waals surface area contributed by atoms with Gasteiger partial charge in [0.2, 0.25) is 0 Å². The molecule has 108 valence electrons. The second kappa shape index (κ2) is 6.32. The van der Waals surface area contributed by atoms with Crippen LogP contribution >= 0.6 is 15.9 Å². The highest BCUT2D eigenvalue weighted by Crippen LogP contribution is 2.27. The van der Waals surface area contributed by atoms with E-state index < -0.39 is 0 Å². The number of nitrogens with zero attached hydrogens (tertiary/aromatic N) is 2. The summed E-state index contributed by atoms with van der Waals surface area (Å²) in [4.78, 5) is 24.2. The van der Waals surface area contributed by atoms with Gasteiger partial charge in [0.15, 0.2) is 0 Å². The molecule has 1 aromatic rings. The number of likely N-dealkylation sites (tertiary alicyclic amines) is 1. The molecular weight excluding hydrogens is 328 g/mol. The predicted molar refractivity (Wildman–Crippen MR) is 76.2 cm³/mol. The average Bonchev–Trinajstić information content (AvgIpc) is 2.88. The number of carbonyl (C=O) groups is 1. The summed E-state index contributed by atoms with van der Waals surface area (Å²) in [7, 11) is 1.38. The van der Waals surface area contributed by atoms with Gasteiger partial charge in [0, 0.05) is 29.2 Å². The van der Waals surface area contributed by atoms with Crippen LogP contribution in [0.4, 0.5) is 5.69 Å². The lowest BCUT2D eigenvalue weighted by atomic mass is 10.1. The highest BCUT2D eigenvalue weighted by atomic mass is 79.9. The molecule has 1 atom stereocenters. The molecule has 0 aliphatic carbocycles. The van der Waals surface area contributed by atoms with Crippen molar-refractivity contribution in [2.45, 2.75) is 13.0 Å². The van der Waals surface area contributed by atoms with E-state index in [0.29, 0.717) is 23.1 Å². The van der Waals surface area contributed by atoms with Gasteiger partial charge in [-0.15, -0.1) is 0 Å². The van der Waals surface area contributed by atoms with Gasteiger partial charge >= 0.3 is 5.97 Å². The van der Waals surface area contributed by atoms with E-state index in [1.165, 1.54) is 13.2 Å². The number of nitro benzene ring substituents is 1. The highest BCUT2D eigenvalue weighted by Gasteiger charge is 2.30. The fourth-order valence-corrected chi connectivity index (χ4v) is 2.77. The summed E-state index contributed by atoms with van der Waals surface area (Å²) in [5.74, 6) is -0.340. The molecule has 0 spiro atoms. The number of hydrogen-bond acceptors (Lipinski definition) is 5. The van der Waals surface area contributed by atoms with E-state index in [2.05, 4.69) is 15.9 Å². The zero-order valence-electron chi connectivity index (χ0n) is 11.0. The summed E-state index contributed by atoms with van der Waals surface area (Å²) in [6.07, 6.45) is 0.733. The van der Waals surface area contributed by atoms with E-state index in [9.17, 15) is 14.9 Å². The van der Waals surface area contributed by atoms with E-state index in [0.717, 1.165) is 13.0 Å². The zero-order chi connectivity index (χ0) is 14.7. The summed E-state index contributed by atoms with van der Waals surface area (Å²) < 4.78 is 5.41. The molecule has 6 nitrogen and oxygen atoms in total. The van der Waals surface area contributed by atoms with Gasteiger partial charge in [0.25, 0.3) is 5.69 Å². The SMILES string of the molecule is COC(=O)C1CCN(Cc2ccc(Br)cc2[N+](=O)[O-])C1. The van der Waals surface area contributed by atoms with Gasteiger partial charge in [-0.2, -0.15) is 0 Å². The van der Waals surface area contributed by atoms with Gasteiger partial charge in [-0.3, -0.25) is 19.8 Å². The molecule has 0 bridgehead atoms. The Kier molecular flexibility index (Phi) is 4.72. The lowest BCUT2D eigenvalue weighted by molar-refractivity contribution is -0.385. The van der Waals surface area contributed by atoms with Crippen molar-refractivity contribution in [1.29, 1.82) is 0 Å². The summed E-state index contributed by atoms with van der Waals surface area (Å²) in [6.45, 7) is 1.80. The van der Waals surface area contributed by atoms with E-state index in [1.54, 1.807) is 12.1 Å². The number of nitro groups is 1. The summed E-state index contributed by atoms with van der Waals surface area (Å²) >= 11 is 3.24. The van der Waals surface area contributed by atoms with Crippen LogP contribution in [0.5, 0.6) is 0 Å². The molecule has 7 heteroatoms. The maximum absolute atomic E-state index is 11.5. The number of esters is 1. The lowest BCUT2D eigenvalue weighted by Gasteiger charge is -2.15. The fourth-order valence-electron chi connectivity index (χ4n) is 2.42. The molecule has 0 radical (unpaired) electrons. The van der Waals surface area contributed by atoms with Crippen LogP contribution in [-0.2, 0) is 16.1 Å².